The molecule has 4 rings (SSSR count). The molecule has 4 fully saturated rings. The zero-order valence-electron chi connectivity index (χ0n) is 21.0. The number of thiol groups is 2. The van der Waals surface area contributed by atoms with Crippen LogP contribution in [0.2, 0.25) is 0 Å². The summed E-state index contributed by atoms with van der Waals surface area (Å²) in [6, 6.07) is 0.578. The third-order valence-corrected chi connectivity index (χ3v) is 9.63. The Morgan fingerprint density at radius 2 is 1.43 bits per heavy atom. The van der Waals surface area contributed by atoms with Crippen molar-refractivity contribution in [3.05, 3.63) is 0 Å². The summed E-state index contributed by atoms with van der Waals surface area (Å²) in [6.45, 7) is 25.0. The monoisotopic (exact) mass is 460 g/mol. The Bertz CT molecular complexity index is 581. The van der Waals surface area contributed by atoms with Crippen molar-refractivity contribution in [1.82, 2.24) is 18.4 Å². The maximum Gasteiger partial charge on any atom is 0.0982 e. The Morgan fingerprint density at radius 3 is 1.97 bits per heavy atom. The van der Waals surface area contributed by atoms with Gasteiger partial charge in [0.25, 0.3) is 0 Å². The van der Waals surface area contributed by atoms with Gasteiger partial charge >= 0.3 is 0 Å². The van der Waals surface area contributed by atoms with E-state index >= 15 is 0 Å². The van der Waals surface area contributed by atoms with Crippen LogP contribution in [0.5, 0.6) is 0 Å². The Balaban J connectivity index is 0.000000199. The summed E-state index contributed by atoms with van der Waals surface area (Å²) in [5, 5.41) is 0. The van der Waals surface area contributed by atoms with Gasteiger partial charge in [-0.1, -0.05) is 46.4 Å². The molecule has 0 bridgehead atoms. The van der Waals surface area contributed by atoms with Gasteiger partial charge in [-0.2, -0.15) is 0 Å². The summed E-state index contributed by atoms with van der Waals surface area (Å²) in [6.07, 6.45) is 2.65. The molecule has 30 heavy (non-hydrogen) atoms. The van der Waals surface area contributed by atoms with Crippen molar-refractivity contribution in [3.8, 4) is 0 Å². The summed E-state index contributed by atoms with van der Waals surface area (Å²) >= 11 is 9.23. The van der Waals surface area contributed by atoms with E-state index in [0.717, 1.165) is 39.3 Å². The summed E-state index contributed by atoms with van der Waals surface area (Å²) in [7, 11) is 2.22. The van der Waals surface area contributed by atoms with E-state index < -0.39 is 0 Å². The molecule has 4 atom stereocenters. The Labute approximate surface area is 197 Å². The van der Waals surface area contributed by atoms with Gasteiger partial charge in [-0.25, -0.2) is 8.61 Å². The highest BCUT2D eigenvalue weighted by Gasteiger charge is 2.58. The molecule has 5 nitrogen and oxygen atoms in total. The summed E-state index contributed by atoms with van der Waals surface area (Å²) < 4.78 is 10.4. The van der Waals surface area contributed by atoms with Crippen molar-refractivity contribution in [1.29, 1.82) is 0 Å². The normalized spacial score (nSPS) is 42.8. The molecule has 4 aliphatic rings. The molecule has 4 aliphatic heterocycles. The first-order chi connectivity index (χ1) is 13.9. The number of ether oxygens (including phenoxy) is 1. The summed E-state index contributed by atoms with van der Waals surface area (Å²) in [5.74, 6) is 0. The van der Waals surface area contributed by atoms with Crippen molar-refractivity contribution in [2.45, 2.75) is 91.0 Å². The van der Waals surface area contributed by atoms with Crippen molar-refractivity contribution in [2.24, 2.45) is 5.41 Å². The third kappa shape index (κ3) is 4.59. The second kappa shape index (κ2) is 9.78. The predicted octanol–water partition coefficient (Wildman–Crippen LogP) is 4.07. The number of piperidine rings is 1. The molecule has 178 valence electrons. The molecular formula is C23H48N4OS2. The molecule has 0 aromatic heterocycles. The molecule has 7 heteroatoms. The van der Waals surface area contributed by atoms with Crippen LogP contribution in [0.4, 0.5) is 0 Å². The van der Waals surface area contributed by atoms with Crippen LogP contribution in [-0.2, 0) is 4.74 Å². The van der Waals surface area contributed by atoms with Crippen molar-refractivity contribution >= 4 is 25.6 Å². The molecule has 0 radical (unpaired) electrons. The highest BCUT2D eigenvalue weighted by molar-refractivity contribution is 7.77. The van der Waals surface area contributed by atoms with E-state index in [9.17, 15) is 0 Å². The molecule has 4 saturated heterocycles. The minimum absolute atomic E-state index is 0.0403. The molecule has 0 saturated carbocycles. The van der Waals surface area contributed by atoms with Crippen LogP contribution in [0, 0.1) is 5.41 Å². The van der Waals surface area contributed by atoms with Crippen LogP contribution in [0.25, 0.3) is 0 Å². The lowest BCUT2D eigenvalue weighted by Gasteiger charge is -2.49. The highest BCUT2D eigenvalue weighted by Crippen LogP contribution is 2.49. The number of rotatable bonds is 1. The minimum atomic E-state index is -0.0722. The first-order valence-electron chi connectivity index (χ1n) is 11.9. The minimum Gasteiger partial charge on any atom is -0.371 e. The van der Waals surface area contributed by atoms with Crippen LogP contribution in [0.3, 0.4) is 0 Å². The quantitative estimate of drug-likeness (QED) is 0.574. The average Bonchev–Trinajstić information content (AvgIpc) is 3.09. The van der Waals surface area contributed by atoms with Crippen molar-refractivity contribution in [3.63, 3.8) is 0 Å². The number of fused-ring (bicyclic) bond motifs is 2. The first-order valence-corrected chi connectivity index (χ1v) is 12.7. The summed E-state index contributed by atoms with van der Waals surface area (Å²) in [5.41, 5.74) is 0.695. The molecule has 0 N–H and O–H groups in total. The van der Waals surface area contributed by atoms with E-state index in [1.165, 1.54) is 19.4 Å². The fourth-order valence-electron chi connectivity index (χ4n) is 5.85. The van der Waals surface area contributed by atoms with Gasteiger partial charge < -0.3 is 9.64 Å². The third-order valence-electron chi connectivity index (χ3n) is 8.34. The van der Waals surface area contributed by atoms with Gasteiger partial charge in [-0.3, -0.25) is 4.90 Å². The van der Waals surface area contributed by atoms with Gasteiger partial charge in [0.1, 0.15) is 0 Å². The van der Waals surface area contributed by atoms with Crippen LogP contribution in [-0.4, -0.2) is 94.1 Å². The SMILES string of the molecule is CC.CC(C)N1CC2(C)OCCN(S)[C@@]2(C)C1.CN1CC2(C)CCCN(S)C2(C)C1. The Hall–Kier alpha value is 0.500. The van der Waals surface area contributed by atoms with Crippen LogP contribution < -0.4 is 0 Å². The summed E-state index contributed by atoms with van der Waals surface area (Å²) in [4.78, 5) is 4.92. The van der Waals surface area contributed by atoms with Crippen LogP contribution in [0.15, 0.2) is 0 Å². The van der Waals surface area contributed by atoms with Gasteiger partial charge in [-0.15, -0.1) is 0 Å². The maximum absolute atomic E-state index is 6.01. The Morgan fingerprint density at radius 1 is 0.833 bits per heavy atom. The van der Waals surface area contributed by atoms with Gasteiger partial charge in [0.15, 0.2) is 0 Å². The smallest absolute Gasteiger partial charge is 0.0982 e. The standard InChI is InChI=1S/C11H22N2OS.C10H20N2S.C2H6/c1-9(2)12-7-10(3)11(4,8-12)14-6-5-13(10)15;1-9-5-4-6-12(13)10(9,2)8-11(3)7-9;1-2/h9,15H,5-8H2,1-4H3;13H,4-8H2,1-3H3;1-2H3/t10-,11?;;/m0../s1. The van der Waals surface area contributed by atoms with E-state index in [-0.39, 0.29) is 16.7 Å². The van der Waals surface area contributed by atoms with E-state index in [1.54, 1.807) is 0 Å². The van der Waals surface area contributed by atoms with Gasteiger partial charge in [0.2, 0.25) is 0 Å². The lowest BCUT2D eigenvalue weighted by molar-refractivity contribution is -0.125. The topological polar surface area (TPSA) is 22.2 Å². The molecule has 0 aromatic carbocycles. The molecule has 0 aromatic rings. The largest absolute Gasteiger partial charge is 0.371 e. The predicted molar refractivity (Wildman–Crippen MR) is 135 cm³/mol. The number of morpholine rings is 1. The van der Waals surface area contributed by atoms with Crippen LogP contribution in [0.1, 0.15) is 68.2 Å². The maximum atomic E-state index is 6.01. The lowest BCUT2D eigenvalue weighted by atomic mass is 9.69. The zero-order valence-corrected chi connectivity index (χ0v) is 22.8. The molecule has 3 unspecified atom stereocenters. The molecular weight excluding hydrogens is 412 g/mol. The zero-order chi connectivity index (χ0) is 23.0. The first kappa shape index (κ1) is 26.7. The van der Waals surface area contributed by atoms with Crippen molar-refractivity contribution in [2.75, 3.05) is 52.9 Å². The molecule has 0 spiro atoms. The van der Waals surface area contributed by atoms with Gasteiger partial charge in [0.05, 0.1) is 17.7 Å². The number of likely N-dealkylation sites (tertiary alicyclic amines) is 2. The number of hydrogen-bond acceptors (Lipinski definition) is 7. The second-order valence-corrected chi connectivity index (χ2v) is 11.7. The fraction of sp³-hybridized carbons (Fsp3) is 1.00. The fourth-order valence-corrected chi connectivity index (χ4v) is 6.65. The van der Waals surface area contributed by atoms with E-state index in [2.05, 4.69) is 92.6 Å². The van der Waals surface area contributed by atoms with E-state index in [1.807, 2.05) is 13.8 Å². The number of likely N-dealkylation sites (N-methyl/N-ethyl adjacent to an activating group) is 1. The van der Waals surface area contributed by atoms with Gasteiger partial charge in [0, 0.05) is 56.3 Å². The molecule has 0 amide bonds. The van der Waals surface area contributed by atoms with E-state index in [4.69, 9.17) is 4.74 Å². The van der Waals surface area contributed by atoms with Gasteiger partial charge in [-0.05, 0) is 54.5 Å². The van der Waals surface area contributed by atoms with E-state index in [0.29, 0.717) is 11.5 Å². The number of hydrogen-bond donors (Lipinski definition) is 2. The highest BCUT2D eigenvalue weighted by atomic mass is 32.1. The Kier molecular flexibility index (Phi) is 8.72. The molecule has 0 aliphatic carbocycles. The average molecular weight is 461 g/mol. The van der Waals surface area contributed by atoms with Crippen LogP contribution >= 0.6 is 25.6 Å². The molecule has 4 heterocycles. The second-order valence-electron chi connectivity index (χ2n) is 10.7. The number of nitrogens with zero attached hydrogens (tertiary/aromatic N) is 4. The lowest BCUT2D eigenvalue weighted by Crippen LogP contribution is -2.63. The van der Waals surface area contributed by atoms with Crippen molar-refractivity contribution < 1.29 is 4.74 Å².